The Hall–Kier alpha value is -2.99. The lowest BCUT2D eigenvalue weighted by Crippen LogP contribution is -2.20. The molecule has 28 heavy (non-hydrogen) atoms. The highest BCUT2D eigenvalue weighted by molar-refractivity contribution is 9.10. The minimum atomic E-state index is -0.231. The Morgan fingerprint density at radius 2 is 1.64 bits per heavy atom. The summed E-state index contributed by atoms with van der Waals surface area (Å²) in [4.78, 5) is 12.1. The summed E-state index contributed by atoms with van der Waals surface area (Å²) in [7, 11) is 0. The Kier molecular flexibility index (Phi) is 6.92. The van der Waals surface area contributed by atoms with E-state index in [1.54, 1.807) is 24.3 Å². The van der Waals surface area contributed by atoms with Crippen LogP contribution in [-0.4, -0.2) is 12.5 Å². The molecule has 1 N–H and O–H groups in total. The Morgan fingerprint density at radius 1 is 0.964 bits per heavy atom. The van der Waals surface area contributed by atoms with Gasteiger partial charge in [-0.1, -0.05) is 31.2 Å². The predicted octanol–water partition coefficient (Wildman–Crippen LogP) is 6.44. The Labute approximate surface area is 172 Å². The standard InChI is InChI=1S/C22H20BrN3O2/c1-2-16-8-13-21(20(23)14-16)28-15-22(27)24-17-9-11-19(12-10-17)26-25-18-6-4-3-5-7-18/h3-14H,2,15H2,1H3,(H,24,27). The van der Waals surface area contributed by atoms with E-state index in [9.17, 15) is 4.79 Å². The molecule has 6 heteroatoms. The third-order valence-electron chi connectivity index (χ3n) is 3.95. The van der Waals surface area contributed by atoms with E-state index in [1.807, 2.05) is 48.5 Å². The number of carbonyl (C=O) groups is 1. The molecule has 3 aromatic rings. The summed E-state index contributed by atoms with van der Waals surface area (Å²) in [6.07, 6.45) is 0.945. The second kappa shape index (κ2) is 9.80. The molecule has 0 spiro atoms. The molecule has 0 atom stereocenters. The number of ether oxygens (including phenoxy) is 1. The fourth-order valence-corrected chi connectivity index (χ4v) is 2.98. The van der Waals surface area contributed by atoms with Crippen LogP contribution in [0.1, 0.15) is 12.5 Å². The van der Waals surface area contributed by atoms with Gasteiger partial charge in [0.1, 0.15) is 5.75 Å². The first kappa shape index (κ1) is 19.8. The van der Waals surface area contributed by atoms with Crippen molar-refractivity contribution in [2.24, 2.45) is 10.2 Å². The molecular weight excluding hydrogens is 418 g/mol. The van der Waals surface area contributed by atoms with Crippen molar-refractivity contribution in [3.63, 3.8) is 0 Å². The molecule has 0 unspecified atom stereocenters. The number of rotatable bonds is 7. The summed E-state index contributed by atoms with van der Waals surface area (Å²) in [6.45, 7) is 2.02. The van der Waals surface area contributed by atoms with Crippen molar-refractivity contribution in [2.45, 2.75) is 13.3 Å². The van der Waals surface area contributed by atoms with Crippen LogP contribution in [0.4, 0.5) is 17.1 Å². The minimum Gasteiger partial charge on any atom is -0.483 e. The molecule has 0 radical (unpaired) electrons. The van der Waals surface area contributed by atoms with Crippen molar-refractivity contribution in [3.05, 3.63) is 82.8 Å². The van der Waals surface area contributed by atoms with Crippen LogP contribution in [0.3, 0.4) is 0 Å². The van der Waals surface area contributed by atoms with Crippen molar-refractivity contribution in [1.29, 1.82) is 0 Å². The number of nitrogens with one attached hydrogen (secondary N) is 1. The molecule has 0 aliphatic heterocycles. The van der Waals surface area contributed by atoms with Crippen LogP contribution in [0.25, 0.3) is 0 Å². The summed E-state index contributed by atoms with van der Waals surface area (Å²) >= 11 is 3.47. The molecule has 0 heterocycles. The van der Waals surface area contributed by atoms with Gasteiger partial charge in [-0.15, -0.1) is 0 Å². The van der Waals surface area contributed by atoms with E-state index >= 15 is 0 Å². The van der Waals surface area contributed by atoms with Gasteiger partial charge in [0.15, 0.2) is 6.61 Å². The first-order valence-corrected chi connectivity index (χ1v) is 9.71. The highest BCUT2D eigenvalue weighted by atomic mass is 79.9. The molecule has 1 amide bonds. The molecule has 0 aliphatic rings. The number of halogens is 1. The molecular formula is C22H20BrN3O2. The average Bonchev–Trinajstić information content (AvgIpc) is 2.73. The van der Waals surface area contributed by atoms with Crippen molar-refractivity contribution >= 4 is 38.9 Å². The number of nitrogens with zero attached hydrogens (tertiary/aromatic N) is 2. The Balaban J connectivity index is 1.52. The zero-order valence-electron chi connectivity index (χ0n) is 15.4. The van der Waals surface area contributed by atoms with Crippen molar-refractivity contribution < 1.29 is 9.53 Å². The lowest BCUT2D eigenvalue weighted by atomic mass is 10.2. The second-order valence-corrected chi connectivity index (χ2v) is 6.89. The van der Waals surface area contributed by atoms with E-state index in [2.05, 4.69) is 38.4 Å². The molecule has 0 bridgehead atoms. The summed E-state index contributed by atoms with van der Waals surface area (Å²) < 4.78 is 6.43. The van der Waals surface area contributed by atoms with E-state index < -0.39 is 0 Å². The molecule has 0 aliphatic carbocycles. The van der Waals surface area contributed by atoms with Crippen LogP contribution in [0.2, 0.25) is 0 Å². The van der Waals surface area contributed by atoms with Crippen LogP contribution in [0, 0.1) is 0 Å². The van der Waals surface area contributed by atoms with Crippen molar-refractivity contribution in [3.8, 4) is 5.75 Å². The van der Waals surface area contributed by atoms with Crippen LogP contribution in [0.15, 0.2) is 87.5 Å². The SMILES string of the molecule is CCc1ccc(OCC(=O)Nc2ccc(N=Nc3ccccc3)cc2)c(Br)c1. The number of amides is 1. The van der Waals surface area contributed by atoms with Crippen LogP contribution in [0.5, 0.6) is 5.75 Å². The molecule has 0 fully saturated rings. The van der Waals surface area contributed by atoms with Gasteiger partial charge in [0.2, 0.25) is 0 Å². The highest BCUT2D eigenvalue weighted by Crippen LogP contribution is 2.26. The molecule has 142 valence electrons. The summed E-state index contributed by atoms with van der Waals surface area (Å²) in [5.41, 5.74) is 3.37. The lowest BCUT2D eigenvalue weighted by molar-refractivity contribution is -0.118. The zero-order valence-corrected chi connectivity index (χ0v) is 17.0. The second-order valence-electron chi connectivity index (χ2n) is 6.04. The molecule has 3 aromatic carbocycles. The summed E-state index contributed by atoms with van der Waals surface area (Å²) in [5.74, 6) is 0.411. The first-order valence-electron chi connectivity index (χ1n) is 8.92. The van der Waals surface area contributed by atoms with E-state index in [0.717, 1.165) is 16.6 Å². The van der Waals surface area contributed by atoms with E-state index in [0.29, 0.717) is 17.1 Å². The molecule has 0 saturated carbocycles. The Bertz CT molecular complexity index is 957. The van der Waals surface area contributed by atoms with Gasteiger partial charge in [0, 0.05) is 5.69 Å². The molecule has 0 saturated heterocycles. The predicted molar refractivity (Wildman–Crippen MR) is 115 cm³/mol. The summed E-state index contributed by atoms with van der Waals surface area (Å²) in [5, 5.41) is 11.1. The number of azo groups is 1. The first-order chi connectivity index (χ1) is 13.6. The molecule has 3 rings (SSSR count). The fourth-order valence-electron chi connectivity index (χ4n) is 2.44. The summed E-state index contributed by atoms with van der Waals surface area (Å²) in [6, 6.07) is 22.5. The van der Waals surface area contributed by atoms with Crippen molar-refractivity contribution in [2.75, 3.05) is 11.9 Å². The third-order valence-corrected chi connectivity index (χ3v) is 4.57. The number of hydrogen-bond acceptors (Lipinski definition) is 4. The average molecular weight is 438 g/mol. The van der Waals surface area contributed by atoms with Gasteiger partial charge in [-0.2, -0.15) is 10.2 Å². The number of benzene rings is 3. The van der Waals surface area contributed by atoms with Crippen LogP contribution >= 0.6 is 15.9 Å². The zero-order chi connectivity index (χ0) is 19.8. The largest absolute Gasteiger partial charge is 0.483 e. The van der Waals surface area contributed by atoms with Gasteiger partial charge in [-0.3, -0.25) is 4.79 Å². The van der Waals surface area contributed by atoms with E-state index in [4.69, 9.17) is 4.74 Å². The minimum absolute atomic E-state index is 0.0699. The van der Waals surface area contributed by atoms with Crippen LogP contribution < -0.4 is 10.1 Å². The van der Waals surface area contributed by atoms with Gasteiger partial charge in [-0.05, 0) is 76.4 Å². The highest BCUT2D eigenvalue weighted by Gasteiger charge is 2.07. The molecule has 5 nitrogen and oxygen atoms in total. The molecule has 0 aromatic heterocycles. The maximum Gasteiger partial charge on any atom is 0.262 e. The van der Waals surface area contributed by atoms with Crippen molar-refractivity contribution in [1.82, 2.24) is 0 Å². The van der Waals surface area contributed by atoms with E-state index in [1.165, 1.54) is 5.56 Å². The third kappa shape index (κ3) is 5.76. The topological polar surface area (TPSA) is 63.0 Å². The van der Waals surface area contributed by atoms with E-state index in [-0.39, 0.29) is 12.5 Å². The quantitative estimate of drug-likeness (QED) is 0.431. The number of anilines is 1. The Morgan fingerprint density at radius 3 is 2.29 bits per heavy atom. The maximum atomic E-state index is 12.1. The smallest absolute Gasteiger partial charge is 0.262 e. The maximum absolute atomic E-state index is 12.1. The van der Waals surface area contributed by atoms with Gasteiger partial charge in [0.05, 0.1) is 15.8 Å². The number of aryl methyl sites for hydroxylation is 1. The van der Waals surface area contributed by atoms with Gasteiger partial charge < -0.3 is 10.1 Å². The van der Waals surface area contributed by atoms with Crippen LogP contribution in [-0.2, 0) is 11.2 Å². The normalized spacial score (nSPS) is 10.8. The lowest BCUT2D eigenvalue weighted by Gasteiger charge is -2.10. The van der Waals surface area contributed by atoms with Gasteiger partial charge in [-0.25, -0.2) is 0 Å². The monoisotopic (exact) mass is 437 g/mol. The van der Waals surface area contributed by atoms with Gasteiger partial charge >= 0.3 is 0 Å². The number of hydrogen-bond donors (Lipinski definition) is 1. The fraction of sp³-hybridized carbons (Fsp3) is 0.136. The van der Waals surface area contributed by atoms with Gasteiger partial charge in [0.25, 0.3) is 5.91 Å². The number of carbonyl (C=O) groups excluding carboxylic acids is 1.